The molecule has 5 heteroatoms. The van der Waals surface area contributed by atoms with E-state index in [1.54, 1.807) is 4.90 Å². The van der Waals surface area contributed by atoms with Crippen molar-refractivity contribution < 1.29 is 14.6 Å². The van der Waals surface area contributed by atoms with Gasteiger partial charge < -0.3 is 19.7 Å². The van der Waals surface area contributed by atoms with Crippen molar-refractivity contribution >= 4 is 16.8 Å². The summed E-state index contributed by atoms with van der Waals surface area (Å²) in [5.41, 5.74) is 1.61. The van der Waals surface area contributed by atoms with Crippen molar-refractivity contribution in [1.29, 1.82) is 0 Å². The van der Waals surface area contributed by atoms with Gasteiger partial charge in [0.2, 0.25) is 0 Å². The number of hydrogen-bond donors (Lipinski definition) is 2. The average molecular weight is 274 g/mol. The number of benzene rings is 1. The zero-order valence-corrected chi connectivity index (χ0v) is 11.4. The highest BCUT2D eigenvalue weighted by Crippen LogP contribution is 2.18. The summed E-state index contributed by atoms with van der Waals surface area (Å²) in [6.07, 6.45) is 1.51. The van der Waals surface area contributed by atoms with E-state index in [1.165, 1.54) is 0 Å². The molecule has 0 aliphatic carbocycles. The highest BCUT2D eigenvalue weighted by atomic mass is 16.5. The number of amides is 1. The zero-order chi connectivity index (χ0) is 14.1. The number of morpholine rings is 1. The highest BCUT2D eigenvalue weighted by Gasteiger charge is 2.28. The number of aromatic amines is 1. The molecule has 0 bridgehead atoms. The van der Waals surface area contributed by atoms with Gasteiger partial charge >= 0.3 is 0 Å². The lowest BCUT2D eigenvalue weighted by molar-refractivity contribution is -0.0858. The predicted molar refractivity (Wildman–Crippen MR) is 75.6 cm³/mol. The van der Waals surface area contributed by atoms with Gasteiger partial charge in [0.25, 0.3) is 5.91 Å². The summed E-state index contributed by atoms with van der Waals surface area (Å²) in [4.78, 5) is 17.4. The zero-order valence-electron chi connectivity index (χ0n) is 11.4. The minimum atomic E-state index is -0.295. The molecular formula is C15H18N2O3. The fraction of sp³-hybridized carbons (Fsp3) is 0.400. The molecule has 1 aromatic heterocycles. The standard InChI is InChI=1S/C15H18N2O3/c1-10-7-17(8-13(9-18)20-10)15(19)12-3-2-11-4-5-16-14(11)6-12/h2-6,10,13,16,18H,7-9H2,1H3. The Hall–Kier alpha value is -1.85. The molecule has 5 nitrogen and oxygen atoms in total. The number of rotatable bonds is 2. The van der Waals surface area contributed by atoms with Crippen LogP contribution in [0.1, 0.15) is 17.3 Å². The van der Waals surface area contributed by atoms with E-state index >= 15 is 0 Å². The Morgan fingerprint density at radius 3 is 3.10 bits per heavy atom. The van der Waals surface area contributed by atoms with E-state index in [9.17, 15) is 9.90 Å². The van der Waals surface area contributed by atoms with Gasteiger partial charge in [-0.2, -0.15) is 0 Å². The highest BCUT2D eigenvalue weighted by molar-refractivity contribution is 5.98. The third kappa shape index (κ3) is 2.42. The number of carbonyl (C=O) groups excluding carboxylic acids is 1. The summed E-state index contributed by atoms with van der Waals surface area (Å²) in [6, 6.07) is 7.62. The molecule has 0 spiro atoms. The van der Waals surface area contributed by atoms with E-state index in [-0.39, 0.29) is 24.7 Å². The van der Waals surface area contributed by atoms with E-state index < -0.39 is 0 Å². The number of nitrogens with one attached hydrogen (secondary N) is 1. The van der Waals surface area contributed by atoms with E-state index in [2.05, 4.69) is 4.98 Å². The smallest absolute Gasteiger partial charge is 0.254 e. The number of aliphatic hydroxyl groups is 1. The van der Waals surface area contributed by atoms with Gasteiger partial charge in [0.05, 0.1) is 18.8 Å². The maximum Gasteiger partial charge on any atom is 0.254 e. The second kappa shape index (κ2) is 5.26. The molecule has 0 radical (unpaired) electrons. The molecule has 1 aromatic carbocycles. The topological polar surface area (TPSA) is 65.6 Å². The molecule has 1 amide bonds. The van der Waals surface area contributed by atoms with E-state index in [4.69, 9.17) is 4.74 Å². The molecule has 0 saturated carbocycles. The van der Waals surface area contributed by atoms with Gasteiger partial charge in [0.1, 0.15) is 0 Å². The Morgan fingerprint density at radius 1 is 1.45 bits per heavy atom. The normalized spacial score (nSPS) is 23.2. The molecule has 1 aliphatic rings. The summed E-state index contributed by atoms with van der Waals surface area (Å²) >= 11 is 0. The fourth-order valence-electron chi connectivity index (χ4n) is 2.68. The minimum Gasteiger partial charge on any atom is -0.394 e. The maximum atomic E-state index is 12.5. The largest absolute Gasteiger partial charge is 0.394 e. The Balaban J connectivity index is 1.83. The second-order valence-electron chi connectivity index (χ2n) is 5.24. The lowest BCUT2D eigenvalue weighted by Crippen LogP contribution is -2.50. The van der Waals surface area contributed by atoms with E-state index in [1.807, 2.05) is 37.4 Å². The van der Waals surface area contributed by atoms with Crippen LogP contribution in [0.15, 0.2) is 30.5 Å². The molecule has 2 heterocycles. The van der Waals surface area contributed by atoms with Gasteiger partial charge in [-0.05, 0) is 30.5 Å². The van der Waals surface area contributed by atoms with Crippen LogP contribution in [0.4, 0.5) is 0 Å². The fourth-order valence-corrected chi connectivity index (χ4v) is 2.68. The molecule has 20 heavy (non-hydrogen) atoms. The molecular weight excluding hydrogens is 256 g/mol. The number of fused-ring (bicyclic) bond motifs is 1. The Bertz CT molecular complexity index is 622. The number of ether oxygens (including phenoxy) is 1. The molecule has 1 aliphatic heterocycles. The Kier molecular flexibility index (Phi) is 3.46. The van der Waals surface area contributed by atoms with Crippen LogP contribution in [-0.2, 0) is 4.74 Å². The number of carbonyl (C=O) groups is 1. The number of nitrogens with zero attached hydrogens (tertiary/aromatic N) is 1. The Labute approximate surface area is 117 Å². The Morgan fingerprint density at radius 2 is 2.30 bits per heavy atom. The third-order valence-corrected chi connectivity index (χ3v) is 3.62. The van der Waals surface area contributed by atoms with Crippen molar-refractivity contribution in [2.45, 2.75) is 19.1 Å². The lowest BCUT2D eigenvalue weighted by atomic mass is 10.1. The number of aromatic nitrogens is 1. The monoisotopic (exact) mass is 274 g/mol. The molecule has 1 saturated heterocycles. The summed E-state index contributed by atoms with van der Waals surface area (Å²) in [7, 11) is 0. The van der Waals surface area contributed by atoms with Crippen LogP contribution in [0.5, 0.6) is 0 Å². The van der Waals surface area contributed by atoms with E-state index in [0.29, 0.717) is 18.7 Å². The van der Waals surface area contributed by atoms with Crippen LogP contribution in [0.25, 0.3) is 10.9 Å². The van der Waals surface area contributed by atoms with Crippen LogP contribution in [-0.4, -0.2) is 52.8 Å². The molecule has 2 aromatic rings. The van der Waals surface area contributed by atoms with Crippen molar-refractivity contribution in [2.75, 3.05) is 19.7 Å². The predicted octanol–water partition coefficient (Wildman–Crippen LogP) is 1.39. The first kappa shape index (κ1) is 13.1. The minimum absolute atomic E-state index is 0.0184. The van der Waals surface area contributed by atoms with Crippen LogP contribution in [0, 0.1) is 0 Å². The second-order valence-corrected chi connectivity index (χ2v) is 5.24. The first-order valence-electron chi connectivity index (χ1n) is 6.80. The molecule has 2 N–H and O–H groups in total. The van der Waals surface area contributed by atoms with Crippen LogP contribution >= 0.6 is 0 Å². The molecule has 106 valence electrons. The van der Waals surface area contributed by atoms with Crippen molar-refractivity contribution in [2.24, 2.45) is 0 Å². The summed E-state index contributed by atoms with van der Waals surface area (Å²) in [6.45, 7) is 2.83. The molecule has 2 atom stereocenters. The van der Waals surface area contributed by atoms with Gasteiger partial charge in [0, 0.05) is 30.4 Å². The SMILES string of the molecule is CC1CN(C(=O)c2ccc3cc[nH]c3c2)CC(CO)O1. The summed E-state index contributed by atoms with van der Waals surface area (Å²) in [5.74, 6) is -0.0184. The number of hydrogen-bond acceptors (Lipinski definition) is 3. The number of aliphatic hydroxyl groups excluding tert-OH is 1. The van der Waals surface area contributed by atoms with Crippen molar-refractivity contribution in [3.05, 3.63) is 36.0 Å². The molecule has 3 rings (SSSR count). The first-order chi connectivity index (χ1) is 9.67. The van der Waals surface area contributed by atoms with Gasteiger partial charge in [-0.1, -0.05) is 6.07 Å². The van der Waals surface area contributed by atoms with Crippen molar-refractivity contribution in [1.82, 2.24) is 9.88 Å². The summed E-state index contributed by atoms with van der Waals surface area (Å²) < 4.78 is 5.56. The third-order valence-electron chi connectivity index (χ3n) is 3.62. The van der Waals surface area contributed by atoms with Gasteiger partial charge in [-0.15, -0.1) is 0 Å². The molecule has 1 fully saturated rings. The molecule has 2 unspecified atom stereocenters. The van der Waals surface area contributed by atoms with Gasteiger partial charge in [0.15, 0.2) is 0 Å². The van der Waals surface area contributed by atoms with Gasteiger partial charge in [-0.25, -0.2) is 0 Å². The first-order valence-corrected chi connectivity index (χ1v) is 6.80. The summed E-state index contributed by atoms with van der Waals surface area (Å²) in [5, 5.41) is 10.3. The van der Waals surface area contributed by atoms with E-state index in [0.717, 1.165) is 10.9 Å². The number of H-pyrrole nitrogens is 1. The average Bonchev–Trinajstić information content (AvgIpc) is 2.93. The van der Waals surface area contributed by atoms with Crippen molar-refractivity contribution in [3.8, 4) is 0 Å². The van der Waals surface area contributed by atoms with Gasteiger partial charge in [-0.3, -0.25) is 4.79 Å². The quantitative estimate of drug-likeness (QED) is 0.869. The van der Waals surface area contributed by atoms with Crippen molar-refractivity contribution in [3.63, 3.8) is 0 Å². The van der Waals surface area contributed by atoms with Crippen LogP contribution < -0.4 is 0 Å². The maximum absolute atomic E-state index is 12.5. The van der Waals surface area contributed by atoms with Crippen LogP contribution in [0.3, 0.4) is 0 Å². The van der Waals surface area contributed by atoms with Crippen LogP contribution in [0.2, 0.25) is 0 Å². The lowest BCUT2D eigenvalue weighted by Gasteiger charge is -2.36.